The second kappa shape index (κ2) is 10.8. The number of rotatable bonds is 8. The Kier molecular flexibility index (Phi) is 7.53. The Labute approximate surface area is 218 Å². The third kappa shape index (κ3) is 5.25. The molecule has 1 fully saturated rings. The van der Waals surface area contributed by atoms with Gasteiger partial charge in [0.25, 0.3) is 0 Å². The Morgan fingerprint density at radius 2 is 1.83 bits per heavy atom. The predicted molar refractivity (Wildman–Crippen MR) is 144 cm³/mol. The van der Waals surface area contributed by atoms with Gasteiger partial charge >= 0.3 is 0 Å². The van der Waals surface area contributed by atoms with E-state index < -0.39 is 6.10 Å². The van der Waals surface area contributed by atoms with E-state index in [1.54, 1.807) is 11.3 Å². The number of aromatic nitrogens is 1. The molecule has 0 unspecified atom stereocenters. The van der Waals surface area contributed by atoms with Crippen LogP contribution in [-0.2, 0) is 24.4 Å². The van der Waals surface area contributed by atoms with E-state index in [4.69, 9.17) is 0 Å². The highest BCUT2D eigenvalue weighted by molar-refractivity contribution is 7.13. The van der Waals surface area contributed by atoms with Gasteiger partial charge < -0.3 is 15.3 Å². The molecule has 7 heteroatoms. The summed E-state index contributed by atoms with van der Waals surface area (Å²) in [6, 6.07) is 16.9. The highest BCUT2D eigenvalue weighted by Gasteiger charge is 2.41. The van der Waals surface area contributed by atoms with Crippen molar-refractivity contribution in [3.8, 4) is 10.4 Å². The Bertz CT molecular complexity index is 1170. The maximum atomic E-state index is 13.8. The minimum Gasteiger partial charge on any atom is -0.391 e. The van der Waals surface area contributed by atoms with Gasteiger partial charge in [-0.05, 0) is 41.5 Å². The van der Waals surface area contributed by atoms with Crippen LogP contribution in [0.25, 0.3) is 10.4 Å². The van der Waals surface area contributed by atoms with E-state index in [-0.39, 0.29) is 23.9 Å². The number of carbonyl (C=O) groups excluding carboxylic acids is 1. The van der Waals surface area contributed by atoms with Crippen molar-refractivity contribution in [3.63, 3.8) is 0 Å². The zero-order valence-electron chi connectivity index (χ0n) is 21.4. The molecule has 1 saturated heterocycles. The van der Waals surface area contributed by atoms with Crippen molar-refractivity contribution in [2.45, 2.75) is 65.0 Å². The third-order valence-corrected chi connectivity index (χ3v) is 8.47. The smallest absolute Gasteiger partial charge is 0.240 e. The fraction of sp³-hybridized carbons (Fsp3) is 0.448. The largest absolute Gasteiger partial charge is 0.391 e. The lowest BCUT2D eigenvalue weighted by Crippen LogP contribution is -2.52. The molecule has 1 aromatic heterocycles. The fourth-order valence-electron chi connectivity index (χ4n) is 5.68. The normalized spacial score (nSPS) is 20.8. The van der Waals surface area contributed by atoms with Crippen molar-refractivity contribution in [1.29, 1.82) is 0 Å². The first kappa shape index (κ1) is 25.1. The summed E-state index contributed by atoms with van der Waals surface area (Å²) in [4.78, 5) is 23.6. The van der Waals surface area contributed by atoms with Gasteiger partial charge in [0.15, 0.2) is 0 Å². The number of thiazole rings is 1. The van der Waals surface area contributed by atoms with E-state index in [1.165, 1.54) is 27.1 Å². The van der Waals surface area contributed by atoms with E-state index in [0.29, 0.717) is 19.5 Å². The first-order valence-corrected chi connectivity index (χ1v) is 13.8. The zero-order valence-corrected chi connectivity index (χ0v) is 22.2. The molecule has 3 atom stereocenters. The van der Waals surface area contributed by atoms with Crippen molar-refractivity contribution in [2.75, 3.05) is 13.1 Å². The van der Waals surface area contributed by atoms with Crippen LogP contribution in [0.5, 0.6) is 0 Å². The lowest BCUT2D eigenvalue weighted by molar-refractivity contribution is -0.140. The summed E-state index contributed by atoms with van der Waals surface area (Å²) in [7, 11) is 0. The minimum atomic E-state index is -0.466. The predicted octanol–water partition coefficient (Wildman–Crippen LogP) is 4.21. The second-order valence-electron chi connectivity index (χ2n) is 10.5. The molecule has 36 heavy (non-hydrogen) atoms. The first-order chi connectivity index (χ1) is 17.4. The van der Waals surface area contributed by atoms with E-state index in [2.05, 4.69) is 77.6 Å². The Hall–Kier alpha value is -2.58. The van der Waals surface area contributed by atoms with Gasteiger partial charge in [-0.1, -0.05) is 62.4 Å². The molecule has 3 heterocycles. The molecule has 190 valence electrons. The third-order valence-electron chi connectivity index (χ3n) is 7.49. The fourth-order valence-corrected chi connectivity index (χ4v) is 6.49. The quantitative estimate of drug-likeness (QED) is 0.481. The summed E-state index contributed by atoms with van der Waals surface area (Å²) in [5, 5.41) is 14.0. The summed E-state index contributed by atoms with van der Waals surface area (Å²) in [6.07, 6.45) is 0.152. The molecule has 0 aliphatic carbocycles. The van der Waals surface area contributed by atoms with Crippen LogP contribution in [-0.4, -0.2) is 57.1 Å². The number of β-amino-alcohol motifs (C(OH)–C–C–N with tert-alkyl or cyclic N) is 1. The van der Waals surface area contributed by atoms with Crippen molar-refractivity contribution >= 4 is 17.2 Å². The lowest BCUT2D eigenvalue weighted by Gasteiger charge is -2.35. The number of fused-ring (bicyclic) bond motifs is 1. The molecule has 2 N–H and O–H groups in total. The minimum absolute atomic E-state index is 0.00200. The van der Waals surface area contributed by atoms with Gasteiger partial charge in [0.1, 0.15) is 0 Å². The number of hydrogen-bond acceptors (Lipinski definition) is 6. The van der Waals surface area contributed by atoms with Crippen molar-refractivity contribution in [1.82, 2.24) is 20.1 Å². The number of aliphatic hydroxyl groups excluding tert-OH is 1. The van der Waals surface area contributed by atoms with E-state index >= 15 is 0 Å². The van der Waals surface area contributed by atoms with Crippen LogP contribution < -0.4 is 5.32 Å². The molecular weight excluding hydrogens is 468 g/mol. The molecule has 0 radical (unpaired) electrons. The van der Waals surface area contributed by atoms with Gasteiger partial charge in [0.2, 0.25) is 5.91 Å². The van der Waals surface area contributed by atoms with Crippen molar-refractivity contribution in [2.24, 2.45) is 5.92 Å². The van der Waals surface area contributed by atoms with Crippen LogP contribution in [0.15, 0.2) is 54.0 Å². The number of nitrogens with one attached hydrogen (secondary N) is 1. The second-order valence-corrected chi connectivity index (χ2v) is 11.3. The molecule has 3 aromatic rings. The van der Waals surface area contributed by atoms with E-state index in [0.717, 1.165) is 25.3 Å². The van der Waals surface area contributed by atoms with Gasteiger partial charge in [-0.15, -0.1) is 11.3 Å². The topological polar surface area (TPSA) is 68.7 Å². The van der Waals surface area contributed by atoms with Crippen LogP contribution in [0.4, 0.5) is 0 Å². The molecule has 2 aromatic carbocycles. The van der Waals surface area contributed by atoms with Gasteiger partial charge in [0.05, 0.1) is 28.2 Å². The maximum Gasteiger partial charge on any atom is 0.240 e. The SMILES string of the molecule is Cc1ncsc1-c1ccc(CNC[C@@H]2C[C@@H](O)CN2C(=O)[C@H](C(C)C)N2Cc3ccccc3C2)cc1. The molecular formula is C29H36N4O2S. The number of aliphatic hydroxyl groups is 1. The maximum absolute atomic E-state index is 13.8. The molecule has 2 aliphatic heterocycles. The summed E-state index contributed by atoms with van der Waals surface area (Å²) in [5.74, 6) is 0.337. The standard InChI is InChI=1S/C29H36N4O2S/c1-19(2)27(32-15-23-6-4-5-7-24(23)16-32)29(35)33-17-26(34)12-25(33)14-30-13-21-8-10-22(11-9-21)28-20(3)31-18-36-28/h4-11,18-19,25-27,30,34H,12-17H2,1-3H3/t25-,26+,27-/m0/s1. The summed E-state index contributed by atoms with van der Waals surface area (Å²) in [5.41, 5.74) is 7.97. The molecule has 2 aliphatic rings. The monoisotopic (exact) mass is 504 g/mol. The van der Waals surface area contributed by atoms with Gasteiger partial charge in [-0.2, -0.15) is 0 Å². The number of aryl methyl sites for hydroxylation is 1. The first-order valence-electron chi connectivity index (χ1n) is 12.9. The van der Waals surface area contributed by atoms with Crippen molar-refractivity contribution in [3.05, 3.63) is 76.4 Å². The van der Waals surface area contributed by atoms with Crippen LogP contribution in [0, 0.1) is 12.8 Å². The van der Waals surface area contributed by atoms with Crippen LogP contribution in [0.2, 0.25) is 0 Å². The molecule has 0 bridgehead atoms. The lowest BCUT2D eigenvalue weighted by atomic mass is 10.0. The number of carbonyl (C=O) groups is 1. The summed E-state index contributed by atoms with van der Waals surface area (Å²) in [6.45, 7) is 9.72. The molecule has 5 rings (SSSR count). The van der Waals surface area contributed by atoms with E-state index in [1.807, 2.05) is 17.3 Å². The summed E-state index contributed by atoms with van der Waals surface area (Å²) < 4.78 is 0. The highest BCUT2D eigenvalue weighted by atomic mass is 32.1. The van der Waals surface area contributed by atoms with Crippen molar-refractivity contribution < 1.29 is 9.90 Å². The number of amides is 1. The zero-order chi connectivity index (χ0) is 25.2. The number of nitrogens with zero attached hydrogens (tertiary/aromatic N) is 3. The molecule has 0 spiro atoms. The Morgan fingerprint density at radius 3 is 2.44 bits per heavy atom. The molecule has 0 saturated carbocycles. The van der Waals surface area contributed by atoms with Gasteiger partial charge in [0, 0.05) is 38.8 Å². The number of hydrogen-bond donors (Lipinski definition) is 2. The Morgan fingerprint density at radius 1 is 1.14 bits per heavy atom. The van der Waals surface area contributed by atoms with E-state index in [9.17, 15) is 9.90 Å². The number of likely N-dealkylation sites (tertiary alicyclic amines) is 1. The number of benzene rings is 2. The van der Waals surface area contributed by atoms with Crippen LogP contribution >= 0.6 is 11.3 Å². The average Bonchev–Trinajstić information content (AvgIpc) is 3.57. The average molecular weight is 505 g/mol. The highest BCUT2D eigenvalue weighted by Crippen LogP contribution is 2.30. The molecule has 6 nitrogen and oxygen atoms in total. The van der Waals surface area contributed by atoms with Crippen LogP contribution in [0.3, 0.4) is 0 Å². The van der Waals surface area contributed by atoms with Gasteiger partial charge in [-0.3, -0.25) is 9.69 Å². The summed E-state index contributed by atoms with van der Waals surface area (Å²) >= 11 is 1.66. The van der Waals surface area contributed by atoms with Crippen LogP contribution in [0.1, 0.15) is 42.7 Å². The van der Waals surface area contributed by atoms with Gasteiger partial charge in [-0.25, -0.2) is 4.98 Å². The molecule has 1 amide bonds. The Balaban J connectivity index is 1.20.